The van der Waals surface area contributed by atoms with E-state index in [0.29, 0.717) is 13.1 Å². The molecule has 2 aromatic heterocycles. The van der Waals surface area contributed by atoms with Crippen LogP contribution in [-0.4, -0.2) is 48.5 Å². The molecule has 1 unspecified atom stereocenters. The summed E-state index contributed by atoms with van der Waals surface area (Å²) in [6.07, 6.45) is 3.19. The number of aliphatic carboxylic acids is 1. The molecule has 0 aliphatic heterocycles. The molecule has 0 aromatic carbocycles. The molecule has 2 aromatic rings. The Morgan fingerprint density at radius 3 is 2.78 bits per heavy atom. The van der Waals surface area contributed by atoms with Crippen LogP contribution in [0.4, 0.5) is 0 Å². The molecule has 0 fully saturated rings. The highest BCUT2D eigenvalue weighted by Gasteiger charge is 2.20. The lowest BCUT2D eigenvalue weighted by molar-refractivity contribution is -0.140. The van der Waals surface area contributed by atoms with Gasteiger partial charge >= 0.3 is 5.97 Å². The van der Waals surface area contributed by atoms with E-state index in [1.807, 2.05) is 6.92 Å². The second-order valence-corrected chi connectivity index (χ2v) is 5.97. The fraction of sp³-hybridized carbons (Fsp3) is 0.429. The summed E-state index contributed by atoms with van der Waals surface area (Å²) in [4.78, 5) is 24.9. The van der Waals surface area contributed by atoms with Gasteiger partial charge in [0, 0.05) is 19.8 Å². The van der Waals surface area contributed by atoms with E-state index in [1.165, 1.54) is 28.8 Å². The molecule has 0 aliphatic rings. The molecule has 2 heterocycles. The first kappa shape index (κ1) is 17.2. The van der Waals surface area contributed by atoms with Crippen molar-refractivity contribution >= 4 is 27.8 Å². The predicted octanol–water partition coefficient (Wildman–Crippen LogP) is 1.78. The van der Waals surface area contributed by atoms with Crippen molar-refractivity contribution in [3.8, 4) is 0 Å². The molecule has 23 heavy (non-hydrogen) atoms. The Morgan fingerprint density at radius 1 is 1.48 bits per heavy atom. The first-order chi connectivity index (χ1) is 10.8. The third-order valence-corrected chi connectivity index (χ3v) is 4.17. The fourth-order valence-electron chi connectivity index (χ4n) is 2.09. The van der Waals surface area contributed by atoms with E-state index in [1.54, 1.807) is 17.9 Å². The van der Waals surface area contributed by atoms with Gasteiger partial charge in [0.05, 0.1) is 22.9 Å². The van der Waals surface area contributed by atoms with E-state index in [4.69, 9.17) is 5.11 Å². The van der Waals surface area contributed by atoms with Crippen molar-refractivity contribution in [2.45, 2.75) is 33.0 Å². The number of carbonyl (C=O) groups excluding carboxylic acids is 1. The fourth-order valence-corrected chi connectivity index (χ4v) is 2.51. The number of carboxylic acid groups (broad SMARTS) is 1. The Hall–Kier alpha value is -2.16. The van der Waals surface area contributed by atoms with E-state index in [9.17, 15) is 9.59 Å². The summed E-state index contributed by atoms with van der Waals surface area (Å²) in [5.41, 5.74) is 1.10. The molecule has 2 rings (SSSR count). The number of hydrogen-bond acceptors (Lipinski definition) is 4. The van der Waals surface area contributed by atoms with Crippen molar-refractivity contribution in [3.05, 3.63) is 34.3 Å². The highest BCUT2D eigenvalue weighted by molar-refractivity contribution is 9.10. The lowest BCUT2D eigenvalue weighted by Gasteiger charge is -2.17. The van der Waals surface area contributed by atoms with E-state index in [2.05, 4.69) is 26.1 Å². The maximum Gasteiger partial charge on any atom is 0.328 e. The summed E-state index contributed by atoms with van der Waals surface area (Å²) in [5, 5.41) is 17.3. The van der Waals surface area contributed by atoms with Crippen LogP contribution in [0.25, 0.3) is 0 Å². The smallest absolute Gasteiger partial charge is 0.328 e. The average molecular weight is 384 g/mol. The molecule has 0 aliphatic carbocycles. The largest absolute Gasteiger partial charge is 0.480 e. The Labute approximate surface area is 141 Å². The van der Waals surface area contributed by atoms with Crippen LogP contribution in [0.5, 0.6) is 0 Å². The number of hydrogen-bond donors (Lipinski definition) is 1. The van der Waals surface area contributed by atoms with Gasteiger partial charge in [-0.2, -0.15) is 10.2 Å². The van der Waals surface area contributed by atoms with E-state index >= 15 is 0 Å². The molecule has 8 nitrogen and oxygen atoms in total. The van der Waals surface area contributed by atoms with Gasteiger partial charge < -0.3 is 10.0 Å². The van der Waals surface area contributed by atoms with Crippen LogP contribution < -0.4 is 0 Å². The highest BCUT2D eigenvalue weighted by Crippen LogP contribution is 2.18. The standard InChI is InChI=1S/C14H18BrN5O3/c1-4-19-12(10(15)7-16-19)8-18(3)13(21)11-5-6-20(17-11)9(2)14(22)23/h5-7,9H,4,8H2,1-3H3,(H,22,23). The zero-order valence-corrected chi connectivity index (χ0v) is 14.7. The van der Waals surface area contributed by atoms with Crippen LogP contribution in [0.3, 0.4) is 0 Å². The molecule has 9 heteroatoms. The van der Waals surface area contributed by atoms with E-state index < -0.39 is 12.0 Å². The van der Waals surface area contributed by atoms with Crippen molar-refractivity contribution in [2.75, 3.05) is 7.05 Å². The zero-order chi connectivity index (χ0) is 17.1. The molecule has 0 radical (unpaired) electrons. The average Bonchev–Trinajstić information content (AvgIpc) is 3.13. The highest BCUT2D eigenvalue weighted by atomic mass is 79.9. The summed E-state index contributed by atoms with van der Waals surface area (Å²) in [6.45, 7) is 4.55. The van der Waals surface area contributed by atoms with Crippen LogP contribution in [0.2, 0.25) is 0 Å². The number of carbonyl (C=O) groups is 2. The van der Waals surface area contributed by atoms with Crippen molar-refractivity contribution in [3.63, 3.8) is 0 Å². The maximum absolute atomic E-state index is 12.4. The third-order valence-electron chi connectivity index (χ3n) is 3.51. The second-order valence-electron chi connectivity index (χ2n) is 5.11. The minimum atomic E-state index is -1.00. The Balaban J connectivity index is 2.14. The van der Waals surface area contributed by atoms with Crippen LogP contribution in [0, 0.1) is 0 Å². The van der Waals surface area contributed by atoms with Gasteiger partial charge in [-0.1, -0.05) is 0 Å². The number of nitrogens with zero attached hydrogens (tertiary/aromatic N) is 5. The maximum atomic E-state index is 12.4. The monoisotopic (exact) mass is 383 g/mol. The molecule has 0 saturated heterocycles. The molecule has 1 amide bonds. The van der Waals surface area contributed by atoms with Gasteiger partial charge in [-0.25, -0.2) is 4.79 Å². The number of rotatable bonds is 6. The van der Waals surface area contributed by atoms with Crippen LogP contribution in [0.1, 0.15) is 36.1 Å². The van der Waals surface area contributed by atoms with Crippen molar-refractivity contribution < 1.29 is 14.7 Å². The van der Waals surface area contributed by atoms with Gasteiger partial charge in [0.1, 0.15) is 11.7 Å². The van der Waals surface area contributed by atoms with Gasteiger partial charge in [-0.15, -0.1) is 0 Å². The SMILES string of the molecule is CCn1ncc(Br)c1CN(C)C(=O)c1ccn(C(C)C(=O)O)n1. The molecule has 0 spiro atoms. The number of aromatic nitrogens is 4. The quantitative estimate of drug-likeness (QED) is 0.820. The third kappa shape index (κ3) is 3.61. The van der Waals surface area contributed by atoms with Crippen molar-refractivity contribution in [1.82, 2.24) is 24.5 Å². The first-order valence-corrected chi connectivity index (χ1v) is 7.88. The lowest BCUT2D eigenvalue weighted by atomic mass is 10.3. The van der Waals surface area contributed by atoms with Crippen LogP contribution in [-0.2, 0) is 17.9 Å². The Kier molecular flexibility index (Phi) is 5.19. The molecule has 1 atom stereocenters. The second kappa shape index (κ2) is 6.95. The number of carboxylic acids is 1. The Morgan fingerprint density at radius 2 is 2.17 bits per heavy atom. The van der Waals surface area contributed by atoms with Gasteiger partial charge in [-0.05, 0) is 35.8 Å². The lowest BCUT2D eigenvalue weighted by Crippen LogP contribution is -2.28. The minimum Gasteiger partial charge on any atom is -0.480 e. The van der Waals surface area contributed by atoms with Crippen LogP contribution in [0.15, 0.2) is 22.9 Å². The summed E-state index contributed by atoms with van der Waals surface area (Å²) < 4.78 is 3.90. The summed E-state index contributed by atoms with van der Waals surface area (Å²) >= 11 is 3.42. The normalized spacial score (nSPS) is 12.2. The first-order valence-electron chi connectivity index (χ1n) is 7.08. The van der Waals surface area contributed by atoms with Crippen molar-refractivity contribution in [1.29, 1.82) is 0 Å². The minimum absolute atomic E-state index is 0.208. The predicted molar refractivity (Wildman–Crippen MR) is 86.0 cm³/mol. The van der Waals surface area contributed by atoms with E-state index in [0.717, 1.165) is 10.2 Å². The molecule has 124 valence electrons. The topological polar surface area (TPSA) is 93.2 Å². The number of amides is 1. The van der Waals surface area contributed by atoms with Gasteiger partial charge in [0.25, 0.3) is 5.91 Å². The van der Waals surface area contributed by atoms with Gasteiger partial charge in [-0.3, -0.25) is 14.2 Å². The van der Waals surface area contributed by atoms with Gasteiger partial charge in [0.15, 0.2) is 0 Å². The Bertz CT molecular complexity index is 724. The van der Waals surface area contributed by atoms with Gasteiger partial charge in [0.2, 0.25) is 0 Å². The molecular weight excluding hydrogens is 366 g/mol. The number of halogens is 1. The summed E-state index contributed by atoms with van der Waals surface area (Å²) in [7, 11) is 1.67. The summed E-state index contributed by atoms with van der Waals surface area (Å²) in [6, 6.07) is 0.697. The van der Waals surface area contributed by atoms with Crippen molar-refractivity contribution in [2.24, 2.45) is 0 Å². The molecular formula is C14H18BrN5O3. The van der Waals surface area contributed by atoms with E-state index in [-0.39, 0.29) is 11.6 Å². The molecule has 0 bridgehead atoms. The molecule has 1 N–H and O–H groups in total. The summed E-state index contributed by atoms with van der Waals surface area (Å²) in [5.74, 6) is -1.28. The number of aryl methyl sites for hydroxylation is 1. The molecule has 0 saturated carbocycles. The van der Waals surface area contributed by atoms with Crippen LogP contribution >= 0.6 is 15.9 Å². The zero-order valence-electron chi connectivity index (χ0n) is 13.1.